The van der Waals surface area contributed by atoms with E-state index in [-0.39, 0.29) is 38.8 Å². The lowest BCUT2D eigenvalue weighted by Crippen LogP contribution is -2.45. The minimum atomic E-state index is -1.57. The predicted octanol–water partition coefficient (Wildman–Crippen LogP) is 4.08. The Morgan fingerprint density at radius 1 is 1.18 bits per heavy atom. The number of anilines is 1. The van der Waals surface area contributed by atoms with Gasteiger partial charge in [-0.1, -0.05) is 18.0 Å². The van der Waals surface area contributed by atoms with Gasteiger partial charge in [-0.05, 0) is 31.0 Å². The van der Waals surface area contributed by atoms with E-state index in [1.165, 1.54) is 0 Å². The molecule has 3 aromatic rings. The number of carbonyl (C=O) groups is 1. The molecule has 0 bridgehead atoms. The molecular weight excluding hydrogens is 459 g/mol. The van der Waals surface area contributed by atoms with E-state index in [2.05, 4.69) is 0 Å². The Labute approximate surface area is 191 Å². The zero-order valence-electron chi connectivity index (χ0n) is 17.2. The lowest BCUT2D eigenvalue weighted by molar-refractivity contribution is 0.0695. The van der Waals surface area contributed by atoms with Gasteiger partial charge in [0.2, 0.25) is 5.43 Å². The van der Waals surface area contributed by atoms with Gasteiger partial charge in [0.1, 0.15) is 23.0 Å². The zero-order valence-corrected chi connectivity index (χ0v) is 18.0. The van der Waals surface area contributed by atoms with Gasteiger partial charge >= 0.3 is 5.97 Å². The van der Waals surface area contributed by atoms with Crippen LogP contribution < -0.4 is 16.1 Å². The second-order valence-corrected chi connectivity index (χ2v) is 9.14. The molecule has 2 aliphatic rings. The summed E-state index contributed by atoms with van der Waals surface area (Å²) in [5.74, 6) is -4.22. The average Bonchev–Trinajstić information content (AvgIpc) is 3.06. The van der Waals surface area contributed by atoms with E-state index in [1.807, 2.05) is 0 Å². The van der Waals surface area contributed by atoms with E-state index in [9.17, 15) is 23.5 Å². The van der Waals surface area contributed by atoms with E-state index in [1.54, 1.807) is 4.90 Å². The van der Waals surface area contributed by atoms with Crippen molar-refractivity contribution < 1.29 is 23.1 Å². The number of halogens is 4. The standard InChI is InChI=1S/C23H19ClF3N3O3/c24-18-19-12(7-15(27)20(18)29-9-17(28)23(10-29)4-1-5-23)21(31)13(22(32)33)8-30(19)16-3-2-11(25)6-14(16)26/h2-3,6-8,17H,1,4-5,9-10,28H2,(H,32,33). The van der Waals surface area contributed by atoms with Crippen LogP contribution in [0.1, 0.15) is 29.6 Å². The first-order valence-electron chi connectivity index (χ1n) is 10.4. The Balaban J connectivity index is 1.80. The van der Waals surface area contributed by atoms with E-state index >= 15 is 4.39 Å². The smallest absolute Gasteiger partial charge is 0.341 e. The van der Waals surface area contributed by atoms with Crippen molar-refractivity contribution >= 4 is 34.2 Å². The van der Waals surface area contributed by atoms with Crippen molar-refractivity contribution in [2.24, 2.45) is 11.1 Å². The van der Waals surface area contributed by atoms with Gasteiger partial charge in [0, 0.05) is 36.8 Å². The normalized spacial score (nSPS) is 19.3. The molecule has 10 heteroatoms. The minimum Gasteiger partial charge on any atom is -0.477 e. The van der Waals surface area contributed by atoms with Crippen molar-refractivity contribution in [3.05, 3.63) is 68.7 Å². The van der Waals surface area contributed by atoms with Crippen LogP contribution >= 0.6 is 11.6 Å². The number of nitrogens with two attached hydrogens (primary N) is 1. The Kier molecular flexibility index (Phi) is 4.95. The highest BCUT2D eigenvalue weighted by Crippen LogP contribution is 2.50. The number of hydrogen-bond donors (Lipinski definition) is 2. The molecule has 1 unspecified atom stereocenters. The van der Waals surface area contributed by atoms with Crippen LogP contribution in [0, 0.1) is 22.9 Å². The number of pyridine rings is 1. The Morgan fingerprint density at radius 3 is 2.48 bits per heavy atom. The molecule has 1 aliphatic carbocycles. The number of hydrogen-bond acceptors (Lipinski definition) is 4. The summed E-state index contributed by atoms with van der Waals surface area (Å²) in [5.41, 5.74) is 4.25. The first-order chi connectivity index (χ1) is 15.6. The molecule has 0 amide bonds. The third kappa shape index (κ3) is 3.21. The van der Waals surface area contributed by atoms with E-state index < -0.39 is 34.4 Å². The Morgan fingerprint density at radius 2 is 1.91 bits per heavy atom. The summed E-state index contributed by atoms with van der Waals surface area (Å²) in [5, 5.41) is 8.98. The number of aromatic carboxylic acids is 1. The SMILES string of the molecule is NC1CN(c2c(F)cc3c(=O)c(C(=O)O)cn(-c4ccc(F)cc4F)c3c2Cl)CC12CCC2. The van der Waals surface area contributed by atoms with Gasteiger partial charge < -0.3 is 20.3 Å². The third-order valence-corrected chi connectivity index (χ3v) is 7.29. The Bertz CT molecular complexity index is 1390. The number of benzene rings is 2. The summed E-state index contributed by atoms with van der Waals surface area (Å²) < 4.78 is 44.6. The van der Waals surface area contributed by atoms with Crippen LogP contribution in [0.2, 0.25) is 5.02 Å². The van der Waals surface area contributed by atoms with E-state index in [0.717, 1.165) is 48.2 Å². The molecule has 3 N–H and O–H groups in total. The number of rotatable bonds is 3. The molecule has 1 aliphatic heterocycles. The molecule has 5 rings (SSSR count). The molecule has 1 spiro atoms. The number of carboxylic acids is 1. The summed E-state index contributed by atoms with van der Waals surface area (Å²) >= 11 is 6.65. The average molecular weight is 478 g/mol. The molecule has 2 aromatic carbocycles. The fourth-order valence-electron chi connectivity index (χ4n) is 5.04. The monoisotopic (exact) mass is 477 g/mol. The number of carboxylic acid groups (broad SMARTS) is 1. The van der Waals surface area contributed by atoms with Crippen LogP contribution in [0.25, 0.3) is 16.6 Å². The van der Waals surface area contributed by atoms with Crippen LogP contribution in [0.15, 0.2) is 35.3 Å². The van der Waals surface area contributed by atoms with Crippen LogP contribution in [0.5, 0.6) is 0 Å². The maximum absolute atomic E-state index is 15.3. The molecule has 1 saturated heterocycles. The number of nitrogens with zero attached hydrogens (tertiary/aromatic N) is 2. The van der Waals surface area contributed by atoms with E-state index in [0.29, 0.717) is 19.2 Å². The summed E-state index contributed by atoms with van der Waals surface area (Å²) in [6.45, 7) is 0.836. The maximum atomic E-state index is 15.3. The highest BCUT2D eigenvalue weighted by atomic mass is 35.5. The molecule has 2 fully saturated rings. The van der Waals surface area contributed by atoms with E-state index in [4.69, 9.17) is 17.3 Å². The van der Waals surface area contributed by atoms with Crippen molar-refractivity contribution in [3.8, 4) is 5.69 Å². The lowest BCUT2D eigenvalue weighted by Gasteiger charge is -2.41. The van der Waals surface area contributed by atoms with Crippen molar-refractivity contribution in [1.82, 2.24) is 4.57 Å². The molecule has 6 nitrogen and oxygen atoms in total. The van der Waals surface area contributed by atoms with Gasteiger partial charge in [-0.3, -0.25) is 4.79 Å². The summed E-state index contributed by atoms with van der Waals surface area (Å²) in [4.78, 5) is 26.2. The maximum Gasteiger partial charge on any atom is 0.341 e. The second kappa shape index (κ2) is 7.50. The van der Waals surface area contributed by atoms with Crippen molar-refractivity contribution in [2.75, 3.05) is 18.0 Å². The fourth-order valence-corrected chi connectivity index (χ4v) is 5.44. The topological polar surface area (TPSA) is 88.6 Å². The summed E-state index contributed by atoms with van der Waals surface area (Å²) in [7, 11) is 0. The zero-order chi connectivity index (χ0) is 23.7. The van der Waals surface area contributed by atoms with Crippen LogP contribution in [0.3, 0.4) is 0 Å². The van der Waals surface area contributed by atoms with Gasteiger partial charge in [0.05, 0.1) is 27.3 Å². The Hall–Kier alpha value is -3.04. The molecule has 1 saturated carbocycles. The van der Waals surface area contributed by atoms with Crippen molar-refractivity contribution in [1.29, 1.82) is 0 Å². The molecule has 0 radical (unpaired) electrons. The fraction of sp³-hybridized carbons (Fsp3) is 0.304. The van der Waals surface area contributed by atoms with Gasteiger partial charge in [-0.15, -0.1) is 0 Å². The first kappa shape index (κ1) is 21.8. The molecule has 1 atom stereocenters. The highest BCUT2D eigenvalue weighted by Gasteiger charge is 2.49. The van der Waals surface area contributed by atoms with Gasteiger partial charge in [-0.2, -0.15) is 0 Å². The van der Waals surface area contributed by atoms with Gasteiger partial charge in [-0.25, -0.2) is 18.0 Å². The first-order valence-corrected chi connectivity index (χ1v) is 10.8. The summed E-state index contributed by atoms with van der Waals surface area (Å²) in [6.07, 6.45) is 3.80. The second-order valence-electron chi connectivity index (χ2n) is 8.76. The molecule has 1 aromatic heterocycles. The molecular formula is C23H19ClF3N3O3. The minimum absolute atomic E-state index is 0.0159. The van der Waals surface area contributed by atoms with Crippen LogP contribution in [-0.4, -0.2) is 34.8 Å². The van der Waals surface area contributed by atoms with Crippen molar-refractivity contribution in [2.45, 2.75) is 25.3 Å². The van der Waals surface area contributed by atoms with Crippen molar-refractivity contribution in [3.63, 3.8) is 0 Å². The molecule has 33 heavy (non-hydrogen) atoms. The summed E-state index contributed by atoms with van der Waals surface area (Å²) in [6, 6.07) is 3.44. The van der Waals surface area contributed by atoms with Gasteiger partial charge in [0.25, 0.3) is 0 Å². The molecule has 172 valence electrons. The predicted molar refractivity (Wildman–Crippen MR) is 118 cm³/mol. The largest absolute Gasteiger partial charge is 0.477 e. The van der Waals surface area contributed by atoms with Crippen LogP contribution in [-0.2, 0) is 0 Å². The van der Waals surface area contributed by atoms with Crippen LogP contribution in [0.4, 0.5) is 18.9 Å². The third-order valence-electron chi connectivity index (χ3n) is 6.93. The number of aromatic nitrogens is 1. The quantitative estimate of drug-likeness (QED) is 0.593. The molecule has 2 heterocycles. The highest BCUT2D eigenvalue weighted by molar-refractivity contribution is 6.38. The number of fused-ring (bicyclic) bond motifs is 1. The van der Waals surface area contributed by atoms with Gasteiger partial charge in [0.15, 0.2) is 0 Å². The lowest BCUT2D eigenvalue weighted by atomic mass is 9.66.